The van der Waals surface area contributed by atoms with Crippen LogP contribution in [0.25, 0.3) is 0 Å². The maximum Gasteiger partial charge on any atom is 0.312 e. The van der Waals surface area contributed by atoms with Crippen LogP contribution < -0.4 is 20.3 Å². The Morgan fingerprint density at radius 1 is 1.06 bits per heavy atom. The normalized spacial score (nSPS) is 13.7. The fraction of sp³-hybridized carbons (Fsp3) is 0.321. The lowest BCUT2D eigenvalue weighted by molar-refractivity contribution is -0.138. The van der Waals surface area contributed by atoms with Crippen LogP contribution in [-0.4, -0.2) is 34.9 Å². The SMILES string of the molecule is CCCC[C@@H](C(=O)NC[C@@H](C(=O)O)c1ccc2c(c1)OCO2)n1cccc(Cc2ccccc2)c1=O. The highest BCUT2D eigenvalue weighted by Crippen LogP contribution is 2.34. The zero-order valence-corrected chi connectivity index (χ0v) is 20.2. The van der Waals surface area contributed by atoms with Crippen molar-refractivity contribution in [3.8, 4) is 11.5 Å². The van der Waals surface area contributed by atoms with Crippen LogP contribution in [0.3, 0.4) is 0 Å². The smallest absolute Gasteiger partial charge is 0.312 e. The summed E-state index contributed by atoms with van der Waals surface area (Å²) in [5, 5.41) is 12.6. The van der Waals surface area contributed by atoms with Crippen LogP contribution in [0, 0.1) is 0 Å². The zero-order chi connectivity index (χ0) is 25.5. The number of aliphatic carboxylic acids is 1. The highest BCUT2D eigenvalue weighted by Gasteiger charge is 2.27. The molecule has 0 spiro atoms. The van der Waals surface area contributed by atoms with Gasteiger partial charge in [-0.25, -0.2) is 0 Å². The number of nitrogens with one attached hydrogen (secondary N) is 1. The van der Waals surface area contributed by atoms with Gasteiger partial charge in [0.25, 0.3) is 5.56 Å². The van der Waals surface area contributed by atoms with E-state index in [4.69, 9.17) is 9.47 Å². The third kappa shape index (κ3) is 5.76. The Morgan fingerprint density at radius 3 is 2.58 bits per heavy atom. The molecule has 0 radical (unpaired) electrons. The average molecular weight is 491 g/mol. The van der Waals surface area contributed by atoms with E-state index >= 15 is 0 Å². The van der Waals surface area contributed by atoms with Gasteiger partial charge in [0.15, 0.2) is 11.5 Å². The molecule has 188 valence electrons. The van der Waals surface area contributed by atoms with E-state index < -0.39 is 17.9 Å². The molecule has 0 aliphatic carbocycles. The number of amides is 1. The number of hydrogen-bond donors (Lipinski definition) is 2. The number of carboxylic acids is 1. The van der Waals surface area contributed by atoms with Crippen molar-refractivity contribution in [2.75, 3.05) is 13.3 Å². The second kappa shape index (κ2) is 11.6. The molecule has 0 bridgehead atoms. The zero-order valence-electron chi connectivity index (χ0n) is 20.2. The van der Waals surface area contributed by atoms with Gasteiger partial charge in [0.1, 0.15) is 6.04 Å². The summed E-state index contributed by atoms with van der Waals surface area (Å²) >= 11 is 0. The Balaban J connectivity index is 1.53. The average Bonchev–Trinajstić information content (AvgIpc) is 3.35. The van der Waals surface area contributed by atoms with E-state index in [1.807, 2.05) is 37.3 Å². The summed E-state index contributed by atoms with van der Waals surface area (Å²) in [7, 11) is 0. The van der Waals surface area contributed by atoms with E-state index in [0.717, 1.165) is 18.4 Å². The van der Waals surface area contributed by atoms with Crippen LogP contribution in [0.4, 0.5) is 0 Å². The number of hydrogen-bond acceptors (Lipinski definition) is 5. The second-order valence-electron chi connectivity index (χ2n) is 8.81. The van der Waals surface area contributed by atoms with Crippen molar-refractivity contribution in [2.24, 2.45) is 0 Å². The molecule has 1 aliphatic heterocycles. The standard InChI is InChI=1S/C28H30N2O6/c1-2-3-11-23(30-14-7-10-21(27(30)32)15-19-8-5-4-6-9-19)26(31)29-17-22(28(33)34)20-12-13-24-25(16-20)36-18-35-24/h4-10,12-14,16,22-23H,2-3,11,15,17-18H2,1H3,(H,29,31)(H,33,34)/t22-,23+/m1/s1. The summed E-state index contributed by atoms with van der Waals surface area (Å²) in [4.78, 5) is 38.6. The van der Waals surface area contributed by atoms with Gasteiger partial charge in [-0.2, -0.15) is 0 Å². The Bertz CT molecular complexity index is 1270. The van der Waals surface area contributed by atoms with Gasteiger partial charge in [-0.15, -0.1) is 0 Å². The summed E-state index contributed by atoms with van der Waals surface area (Å²) in [5.41, 5.74) is 1.89. The Kier molecular flexibility index (Phi) is 8.05. The van der Waals surface area contributed by atoms with Gasteiger partial charge in [0.2, 0.25) is 12.7 Å². The molecule has 0 saturated heterocycles. The van der Waals surface area contributed by atoms with Gasteiger partial charge in [-0.3, -0.25) is 14.4 Å². The molecule has 8 heteroatoms. The van der Waals surface area contributed by atoms with Crippen LogP contribution in [-0.2, 0) is 16.0 Å². The van der Waals surface area contributed by atoms with Crippen LogP contribution in [0.5, 0.6) is 11.5 Å². The summed E-state index contributed by atoms with van der Waals surface area (Å²) < 4.78 is 12.1. The second-order valence-corrected chi connectivity index (χ2v) is 8.81. The van der Waals surface area contributed by atoms with Crippen molar-refractivity contribution in [2.45, 2.75) is 44.6 Å². The number of aromatic nitrogens is 1. The third-order valence-corrected chi connectivity index (χ3v) is 6.34. The van der Waals surface area contributed by atoms with Crippen LogP contribution in [0.15, 0.2) is 71.7 Å². The monoisotopic (exact) mass is 490 g/mol. The summed E-state index contributed by atoms with van der Waals surface area (Å²) in [6.45, 7) is 1.99. The molecule has 1 amide bonds. The molecular weight excluding hydrogens is 460 g/mol. The number of carbonyl (C=O) groups is 2. The first-order valence-corrected chi connectivity index (χ1v) is 12.1. The first-order valence-electron chi connectivity index (χ1n) is 12.1. The van der Waals surface area contributed by atoms with E-state index in [9.17, 15) is 19.5 Å². The topological polar surface area (TPSA) is 107 Å². The number of carbonyl (C=O) groups excluding carboxylic acids is 1. The molecule has 0 fully saturated rings. The van der Waals surface area contributed by atoms with Crippen molar-refractivity contribution >= 4 is 11.9 Å². The number of rotatable bonds is 11. The number of nitrogens with zero attached hydrogens (tertiary/aromatic N) is 1. The van der Waals surface area contributed by atoms with Crippen LogP contribution in [0.1, 0.15) is 54.8 Å². The minimum absolute atomic E-state index is 0.0878. The Labute approximate surface area is 209 Å². The van der Waals surface area contributed by atoms with E-state index in [1.165, 1.54) is 4.57 Å². The molecule has 1 aromatic heterocycles. The Morgan fingerprint density at radius 2 is 1.83 bits per heavy atom. The van der Waals surface area contributed by atoms with Crippen LogP contribution in [0.2, 0.25) is 0 Å². The fourth-order valence-electron chi connectivity index (χ4n) is 4.34. The minimum atomic E-state index is -1.07. The molecule has 2 N–H and O–H groups in total. The largest absolute Gasteiger partial charge is 0.481 e. The molecule has 2 aromatic carbocycles. The van der Waals surface area contributed by atoms with Gasteiger partial charge < -0.3 is 24.5 Å². The lowest BCUT2D eigenvalue weighted by Gasteiger charge is -2.22. The van der Waals surface area contributed by atoms with Gasteiger partial charge in [-0.05, 0) is 35.7 Å². The molecular formula is C28H30N2O6. The van der Waals surface area contributed by atoms with Crippen molar-refractivity contribution in [1.82, 2.24) is 9.88 Å². The predicted octanol–water partition coefficient (Wildman–Crippen LogP) is 3.88. The van der Waals surface area contributed by atoms with Crippen molar-refractivity contribution in [3.05, 3.63) is 93.9 Å². The summed E-state index contributed by atoms with van der Waals surface area (Å²) in [6, 6.07) is 17.5. The van der Waals surface area contributed by atoms with E-state index in [0.29, 0.717) is 35.5 Å². The van der Waals surface area contributed by atoms with Gasteiger partial charge in [0, 0.05) is 24.7 Å². The number of benzene rings is 2. The van der Waals surface area contributed by atoms with Gasteiger partial charge >= 0.3 is 5.97 Å². The molecule has 36 heavy (non-hydrogen) atoms. The molecule has 4 rings (SSSR count). The fourth-order valence-corrected chi connectivity index (χ4v) is 4.34. The van der Waals surface area contributed by atoms with E-state index in [2.05, 4.69) is 5.32 Å². The van der Waals surface area contributed by atoms with Crippen LogP contribution >= 0.6 is 0 Å². The summed E-state index contributed by atoms with van der Waals surface area (Å²) in [6.07, 6.45) is 4.17. The van der Waals surface area contributed by atoms with Gasteiger partial charge in [-0.1, -0.05) is 62.2 Å². The number of pyridine rings is 1. The van der Waals surface area contributed by atoms with Crippen molar-refractivity contribution in [1.29, 1.82) is 0 Å². The number of carboxylic acid groups (broad SMARTS) is 1. The molecule has 2 atom stereocenters. The van der Waals surface area contributed by atoms with E-state index in [1.54, 1.807) is 36.5 Å². The third-order valence-electron chi connectivity index (χ3n) is 6.34. The van der Waals surface area contributed by atoms with Gasteiger partial charge in [0.05, 0.1) is 5.92 Å². The highest BCUT2D eigenvalue weighted by atomic mass is 16.7. The Hall–Kier alpha value is -4.07. The number of unbranched alkanes of at least 4 members (excludes halogenated alkanes) is 1. The lowest BCUT2D eigenvalue weighted by atomic mass is 9.98. The van der Waals surface area contributed by atoms with E-state index in [-0.39, 0.29) is 24.8 Å². The molecule has 3 aromatic rings. The van der Waals surface area contributed by atoms with Crippen molar-refractivity contribution < 1.29 is 24.2 Å². The minimum Gasteiger partial charge on any atom is -0.481 e. The first-order chi connectivity index (χ1) is 17.5. The predicted molar refractivity (Wildman–Crippen MR) is 134 cm³/mol. The number of ether oxygens (including phenoxy) is 2. The molecule has 0 saturated carbocycles. The first kappa shape index (κ1) is 25.0. The number of fused-ring (bicyclic) bond motifs is 1. The summed E-state index contributed by atoms with van der Waals surface area (Å²) in [5.74, 6) is -1.39. The molecule has 8 nitrogen and oxygen atoms in total. The maximum absolute atomic E-state index is 13.3. The molecule has 2 heterocycles. The quantitative estimate of drug-likeness (QED) is 0.422. The van der Waals surface area contributed by atoms with Crippen molar-refractivity contribution in [3.63, 3.8) is 0 Å². The lowest BCUT2D eigenvalue weighted by Crippen LogP contribution is -2.40. The maximum atomic E-state index is 13.3. The molecule has 1 aliphatic rings. The molecule has 0 unspecified atom stereocenters. The highest BCUT2D eigenvalue weighted by molar-refractivity contribution is 5.82.